The number of nitrogens with zero attached hydrogens (tertiary/aromatic N) is 4. The van der Waals surface area contributed by atoms with Crippen molar-refractivity contribution in [2.75, 3.05) is 13.6 Å². The zero-order chi connectivity index (χ0) is 17.1. The Morgan fingerprint density at radius 1 is 1.08 bits per heavy atom. The van der Waals surface area contributed by atoms with Gasteiger partial charge in [-0.25, -0.2) is 0 Å². The van der Waals surface area contributed by atoms with Gasteiger partial charge in [0.15, 0.2) is 0 Å². The molecule has 1 unspecified atom stereocenters. The third-order valence-corrected chi connectivity index (χ3v) is 5.16. The highest BCUT2D eigenvalue weighted by molar-refractivity contribution is 5.70. The van der Waals surface area contributed by atoms with Gasteiger partial charge in [0.1, 0.15) is 0 Å². The fourth-order valence-corrected chi connectivity index (χ4v) is 3.66. The lowest BCUT2D eigenvalue weighted by atomic mass is 10.0. The third kappa shape index (κ3) is 3.64. The standard InChI is InChI=1S/C21H24N4/c1-24-12-4-8-20(24)9-13-25-14-10-21(23-25)18-6-2-5-17(15-18)19-7-3-11-22-16-19/h2-3,5-7,10-11,14-16,20H,4,8-9,12-13H2,1H3. The second-order valence-corrected chi connectivity index (χ2v) is 6.85. The molecule has 4 heteroatoms. The van der Waals surface area contributed by atoms with Crippen molar-refractivity contribution < 1.29 is 0 Å². The van der Waals surface area contributed by atoms with Crippen molar-refractivity contribution in [3.63, 3.8) is 0 Å². The highest BCUT2D eigenvalue weighted by atomic mass is 15.3. The molecule has 0 saturated carbocycles. The molecular weight excluding hydrogens is 308 g/mol. The molecule has 4 nitrogen and oxygen atoms in total. The number of aryl methyl sites for hydroxylation is 1. The van der Waals surface area contributed by atoms with Gasteiger partial charge in [-0.2, -0.15) is 5.10 Å². The van der Waals surface area contributed by atoms with E-state index in [0.717, 1.165) is 23.4 Å². The predicted octanol–water partition coefficient (Wildman–Crippen LogP) is 4.10. The normalized spacial score (nSPS) is 17.9. The van der Waals surface area contributed by atoms with E-state index in [9.17, 15) is 0 Å². The van der Waals surface area contributed by atoms with Crippen molar-refractivity contribution >= 4 is 0 Å². The van der Waals surface area contributed by atoms with Crippen molar-refractivity contribution in [3.05, 3.63) is 61.1 Å². The van der Waals surface area contributed by atoms with Crippen LogP contribution in [0, 0.1) is 0 Å². The summed E-state index contributed by atoms with van der Waals surface area (Å²) in [4.78, 5) is 6.69. The SMILES string of the molecule is CN1CCCC1CCn1ccc(-c2cccc(-c3cccnc3)c2)n1. The molecule has 0 amide bonds. The Morgan fingerprint density at radius 3 is 2.76 bits per heavy atom. The van der Waals surface area contributed by atoms with Gasteiger partial charge < -0.3 is 4.90 Å². The van der Waals surface area contributed by atoms with Gasteiger partial charge in [0.2, 0.25) is 0 Å². The van der Waals surface area contributed by atoms with E-state index in [1.165, 1.54) is 31.4 Å². The van der Waals surface area contributed by atoms with Crippen LogP contribution in [-0.2, 0) is 6.54 Å². The van der Waals surface area contributed by atoms with E-state index in [1.807, 2.05) is 12.3 Å². The van der Waals surface area contributed by atoms with E-state index in [1.54, 1.807) is 6.20 Å². The molecular formula is C21H24N4. The average molecular weight is 332 g/mol. The molecule has 1 aliphatic rings. The van der Waals surface area contributed by atoms with E-state index >= 15 is 0 Å². The van der Waals surface area contributed by atoms with Crippen molar-refractivity contribution in [3.8, 4) is 22.4 Å². The second-order valence-electron chi connectivity index (χ2n) is 6.85. The van der Waals surface area contributed by atoms with E-state index < -0.39 is 0 Å². The van der Waals surface area contributed by atoms with Gasteiger partial charge in [-0.1, -0.05) is 24.3 Å². The molecule has 0 spiro atoms. The van der Waals surface area contributed by atoms with Crippen LogP contribution in [0.15, 0.2) is 61.1 Å². The Labute approximate surface area is 149 Å². The molecule has 3 heterocycles. The zero-order valence-corrected chi connectivity index (χ0v) is 14.7. The molecule has 0 N–H and O–H groups in total. The van der Waals surface area contributed by atoms with Crippen LogP contribution in [0.25, 0.3) is 22.4 Å². The van der Waals surface area contributed by atoms with Gasteiger partial charge in [0.05, 0.1) is 5.69 Å². The van der Waals surface area contributed by atoms with Crippen LogP contribution in [0.3, 0.4) is 0 Å². The molecule has 3 aromatic rings. The Balaban J connectivity index is 1.48. The highest BCUT2D eigenvalue weighted by Gasteiger charge is 2.20. The smallest absolute Gasteiger partial charge is 0.0923 e. The summed E-state index contributed by atoms with van der Waals surface area (Å²) in [5, 5.41) is 4.78. The lowest BCUT2D eigenvalue weighted by Gasteiger charge is -2.18. The van der Waals surface area contributed by atoms with Gasteiger partial charge >= 0.3 is 0 Å². The van der Waals surface area contributed by atoms with Crippen molar-refractivity contribution in [2.45, 2.75) is 31.8 Å². The summed E-state index contributed by atoms with van der Waals surface area (Å²) in [5.74, 6) is 0. The Hall–Kier alpha value is -2.46. The van der Waals surface area contributed by atoms with Crippen LogP contribution in [-0.4, -0.2) is 39.3 Å². The van der Waals surface area contributed by atoms with Crippen LogP contribution in [0.4, 0.5) is 0 Å². The fraction of sp³-hybridized carbons (Fsp3) is 0.333. The minimum Gasteiger partial charge on any atom is -0.303 e. The monoisotopic (exact) mass is 332 g/mol. The Bertz CT molecular complexity index is 825. The number of hydrogen-bond acceptors (Lipinski definition) is 3. The summed E-state index contributed by atoms with van der Waals surface area (Å²) < 4.78 is 2.08. The summed E-state index contributed by atoms with van der Waals surface area (Å²) in [5.41, 5.74) is 4.49. The number of hydrogen-bond donors (Lipinski definition) is 0. The van der Waals surface area contributed by atoms with Crippen LogP contribution in [0.2, 0.25) is 0 Å². The maximum Gasteiger partial charge on any atom is 0.0923 e. The maximum absolute atomic E-state index is 4.78. The first kappa shape index (κ1) is 16.0. The minimum atomic E-state index is 0.710. The Kier molecular flexibility index (Phi) is 4.61. The van der Waals surface area contributed by atoms with E-state index in [4.69, 9.17) is 5.10 Å². The lowest BCUT2D eigenvalue weighted by Crippen LogP contribution is -2.26. The van der Waals surface area contributed by atoms with Gasteiger partial charge in [0.25, 0.3) is 0 Å². The summed E-state index contributed by atoms with van der Waals surface area (Å²) >= 11 is 0. The third-order valence-electron chi connectivity index (χ3n) is 5.16. The van der Waals surface area contributed by atoms with Crippen LogP contribution in [0.5, 0.6) is 0 Å². The van der Waals surface area contributed by atoms with Gasteiger partial charge in [0, 0.05) is 42.3 Å². The second kappa shape index (κ2) is 7.19. The number of likely N-dealkylation sites (tertiary alicyclic amines) is 1. The summed E-state index contributed by atoms with van der Waals surface area (Å²) in [7, 11) is 2.23. The maximum atomic E-state index is 4.78. The van der Waals surface area contributed by atoms with Gasteiger partial charge in [-0.3, -0.25) is 9.67 Å². The first-order chi connectivity index (χ1) is 12.3. The van der Waals surface area contributed by atoms with Crippen molar-refractivity contribution in [1.82, 2.24) is 19.7 Å². The molecule has 0 radical (unpaired) electrons. The van der Waals surface area contributed by atoms with E-state index in [2.05, 4.69) is 64.2 Å². The summed E-state index contributed by atoms with van der Waals surface area (Å²) in [6.45, 7) is 2.22. The zero-order valence-electron chi connectivity index (χ0n) is 14.7. The Morgan fingerprint density at radius 2 is 1.96 bits per heavy atom. The molecule has 0 bridgehead atoms. The molecule has 4 rings (SSSR count). The number of benzene rings is 1. The topological polar surface area (TPSA) is 34.0 Å². The molecule has 1 saturated heterocycles. The first-order valence-electron chi connectivity index (χ1n) is 9.04. The molecule has 1 fully saturated rings. The highest BCUT2D eigenvalue weighted by Crippen LogP contribution is 2.25. The lowest BCUT2D eigenvalue weighted by molar-refractivity contribution is 0.283. The average Bonchev–Trinajstić information content (AvgIpc) is 3.30. The molecule has 2 aromatic heterocycles. The minimum absolute atomic E-state index is 0.710. The summed E-state index contributed by atoms with van der Waals surface area (Å²) in [6.07, 6.45) is 9.62. The van der Waals surface area contributed by atoms with Crippen molar-refractivity contribution in [2.24, 2.45) is 0 Å². The quantitative estimate of drug-likeness (QED) is 0.705. The van der Waals surface area contributed by atoms with Gasteiger partial charge in [-0.15, -0.1) is 0 Å². The molecule has 25 heavy (non-hydrogen) atoms. The van der Waals surface area contributed by atoms with Crippen LogP contribution >= 0.6 is 0 Å². The molecule has 1 aliphatic heterocycles. The summed E-state index contributed by atoms with van der Waals surface area (Å²) in [6, 6.07) is 15.4. The molecule has 0 aliphatic carbocycles. The number of rotatable bonds is 5. The van der Waals surface area contributed by atoms with Crippen LogP contribution < -0.4 is 0 Å². The molecule has 1 aromatic carbocycles. The van der Waals surface area contributed by atoms with E-state index in [0.29, 0.717) is 6.04 Å². The molecule has 128 valence electrons. The van der Waals surface area contributed by atoms with Gasteiger partial charge in [-0.05, 0) is 56.6 Å². The number of aromatic nitrogens is 3. The molecule has 1 atom stereocenters. The fourth-order valence-electron chi connectivity index (χ4n) is 3.66. The van der Waals surface area contributed by atoms with Crippen LogP contribution in [0.1, 0.15) is 19.3 Å². The number of pyridine rings is 1. The predicted molar refractivity (Wildman–Crippen MR) is 101 cm³/mol. The van der Waals surface area contributed by atoms with E-state index in [-0.39, 0.29) is 0 Å². The largest absolute Gasteiger partial charge is 0.303 e. The van der Waals surface area contributed by atoms with Crippen molar-refractivity contribution in [1.29, 1.82) is 0 Å². The first-order valence-corrected chi connectivity index (χ1v) is 9.04.